The topological polar surface area (TPSA) is 17.1 Å². The molecule has 0 aromatic rings. The number of hydrogen-bond donors (Lipinski definition) is 0. The Morgan fingerprint density at radius 1 is 1.60 bits per heavy atom. The molecule has 1 rings (SSSR count). The molecule has 0 spiro atoms. The predicted octanol–water partition coefficient (Wildman–Crippen LogP) is 3.13. The summed E-state index contributed by atoms with van der Waals surface area (Å²) in [5.74, 6) is 6.62. The molecule has 0 aliphatic heterocycles. The van der Waals surface area contributed by atoms with E-state index in [1.807, 2.05) is 13.8 Å². The molecule has 1 aliphatic rings. The summed E-state index contributed by atoms with van der Waals surface area (Å²) in [4.78, 5) is 11.4. The molecular weight excluding hydrogens is 184 g/mol. The molecule has 0 N–H and O–H groups in total. The second-order valence-corrected chi connectivity index (χ2v) is 5.00. The van der Waals surface area contributed by atoms with E-state index < -0.39 is 0 Å². The molecule has 0 saturated carbocycles. The largest absolute Gasteiger partial charge is 0.295 e. The van der Waals surface area contributed by atoms with Crippen molar-refractivity contribution >= 4 is 5.78 Å². The predicted molar refractivity (Wildman–Crippen MR) is 63.2 cm³/mol. The summed E-state index contributed by atoms with van der Waals surface area (Å²) >= 11 is 0. The zero-order valence-electron chi connectivity index (χ0n) is 9.98. The highest BCUT2D eigenvalue weighted by Gasteiger charge is 2.34. The van der Waals surface area contributed by atoms with Gasteiger partial charge in [-0.15, -0.1) is 0 Å². The van der Waals surface area contributed by atoms with Crippen molar-refractivity contribution in [3.63, 3.8) is 0 Å². The van der Waals surface area contributed by atoms with Crippen molar-refractivity contribution in [1.29, 1.82) is 0 Å². The number of hydrogen-bond acceptors (Lipinski definition) is 1. The molecule has 0 heterocycles. The summed E-state index contributed by atoms with van der Waals surface area (Å²) in [6.07, 6.45) is 2.31. The van der Waals surface area contributed by atoms with Gasteiger partial charge in [-0.25, -0.2) is 0 Å². The van der Waals surface area contributed by atoms with Crippen LogP contribution in [0.1, 0.15) is 34.1 Å². The minimum absolute atomic E-state index is 0.0572. The van der Waals surface area contributed by atoms with Gasteiger partial charge in [-0.05, 0) is 30.9 Å². The maximum absolute atomic E-state index is 11.4. The van der Waals surface area contributed by atoms with Crippen molar-refractivity contribution in [1.82, 2.24) is 0 Å². The molecule has 1 nitrogen and oxygen atoms in total. The standard InChI is InChI=1S/C14H18O/c1-10(2)6-7-13-11(3)8-12(15)9-14(13,4)5/h8,13H,1,9H2,2-5H3. The summed E-state index contributed by atoms with van der Waals surface area (Å²) in [5.41, 5.74) is 1.89. The third-order valence-electron chi connectivity index (χ3n) is 2.69. The monoisotopic (exact) mass is 202 g/mol. The van der Waals surface area contributed by atoms with Gasteiger partial charge < -0.3 is 0 Å². The molecule has 0 saturated heterocycles. The van der Waals surface area contributed by atoms with Crippen LogP contribution >= 0.6 is 0 Å². The van der Waals surface area contributed by atoms with Crippen molar-refractivity contribution < 1.29 is 4.79 Å². The van der Waals surface area contributed by atoms with Gasteiger partial charge >= 0.3 is 0 Å². The maximum Gasteiger partial charge on any atom is 0.156 e. The van der Waals surface area contributed by atoms with Crippen LogP contribution < -0.4 is 0 Å². The van der Waals surface area contributed by atoms with Crippen molar-refractivity contribution in [3.05, 3.63) is 23.8 Å². The molecule has 0 fully saturated rings. The SMILES string of the molecule is C=C(C)C#CC1C(C)=CC(=O)CC1(C)C. The van der Waals surface area contributed by atoms with Gasteiger partial charge in [0.2, 0.25) is 0 Å². The zero-order valence-corrected chi connectivity index (χ0v) is 9.98. The normalized spacial score (nSPS) is 23.9. The van der Waals surface area contributed by atoms with Gasteiger partial charge in [0.05, 0.1) is 0 Å². The van der Waals surface area contributed by atoms with Crippen molar-refractivity contribution in [2.45, 2.75) is 34.1 Å². The van der Waals surface area contributed by atoms with Crippen molar-refractivity contribution in [2.24, 2.45) is 11.3 Å². The van der Waals surface area contributed by atoms with Gasteiger partial charge in [0.1, 0.15) is 0 Å². The summed E-state index contributed by atoms with van der Waals surface area (Å²) in [6, 6.07) is 0. The van der Waals surface area contributed by atoms with E-state index in [4.69, 9.17) is 0 Å². The van der Waals surface area contributed by atoms with Crippen LogP contribution in [0.25, 0.3) is 0 Å². The van der Waals surface area contributed by atoms with E-state index >= 15 is 0 Å². The van der Waals surface area contributed by atoms with E-state index in [1.54, 1.807) is 6.08 Å². The average molecular weight is 202 g/mol. The molecule has 1 atom stereocenters. The Bertz CT molecular complexity index is 385. The molecule has 1 aliphatic carbocycles. The van der Waals surface area contributed by atoms with E-state index in [0.29, 0.717) is 6.42 Å². The number of ketones is 1. The summed E-state index contributed by atoms with van der Waals surface area (Å²) in [7, 11) is 0. The van der Waals surface area contributed by atoms with Crippen LogP contribution in [0.3, 0.4) is 0 Å². The summed E-state index contributed by atoms with van der Waals surface area (Å²) < 4.78 is 0. The lowest BCUT2D eigenvalue weighted by Gasteiger charge is -2.34. The fraction of sp³-hybridized carbons (Fsp3) is 0.500. The number of rotatable bonds is 0. The first-order valence-corrected chi connectivity index (χ1v) is 5.21. The van der Waals surface area contributed by atoms with Crippen molar-refractivity contribution in [3.8, 4) is 11.8 Å². The van der Waals surface area contributed by atoms with E-state index in [0.717, 1.165) is 11.1 Å². The first-order valence-electron chi connectivity index (χ1n) is 5.21. The van der Waals surface area contributed by atoms with Crippen LogP contribution in [0.2, 0.25) is 0 Å². The van der Waals surface area contributed by atoms with E-state index in [1.165, 1.54) is 0 Å². The first-order chi connectivity index (χ1) is 6.83. The van der Waals surface area contributed by atoms with Crippen LogP contribution in [0.5, 0.6) is 0 Å². The third-order valence-corrected chi connectivity index (χ3v) is 2.69. The van der Waals surface area contributed by atoms with Gasteiger partial charge in [0, 0.05) is 12.3 Å². The quantitative estimate of drug-likeness (QED) is 0.551. The Balaban J connectivity index is 3.06. The Morgan fingerprint density at radius 2 is 2.20 bits per heavy atom. The molecule has 0 aromatic carbocycles. The first kappa shape index (κ1) is 11.8. The van der Waals surface area contributed by atoms with E-state index in [9.17, 15) is 4.79 Å². The maximum atomic E-state index is 11.4. The highest BCUT2D eigenvalue weighted by Crippen LogP contribution is 2.39. The number of allylic oxidation sites excluding steroid dienone is 3. The van der Waals surface area contributed by atoms with Gasteiger partial charge in [0.25, 0.3) is 0 Å². The average Bonchev–Trinajstić information content (AvgIpc) is 1.98. The lowest BCUT2D eigenvalue weighted by molar-refractivity contribution is -0.117. The molecule has 1 unspecified atom stereocenters. The molecular formula is C14H18O. The van der Waals surface area contributed by atoms with Gasteiger partial charge in [0.15, 0.2) is 5.78 Å². The lowest BCUT2D eigenvalue weighted by atomic mass is 9.68. The molecule has 1 heteroatoms. The lowest BCUT2D eigenvalue weighted by Crippen LogP contribution is -2.30. The van der Waals surface area contributed by atoms with Crippen LogP contribution in [-0.2, 0) is 4.79 Å². The van der Waals surface area contributed by atoms with Crippen LogP contribution in [-0.4, -0.2) is 5.78 Å². The highest BCUT2D eigenvalue weighted by molar-refractivity contribution is 5.92. The number of carbonyl (C=O) groups is 1. The molecule has 0 aromatic heterocycles. The molecule has 15 heavy (non-hydrogen) atoms. The van der Waals surface area contributed by atoms with Crippen LogP contribution in [0, 0.1) is 23.2 Å². The Morgan fingerprint density at radius 3 is 2.67 bits per heavy atom. The molecule has 0 radical (unpaired) electrons. The van der Waals surface area contributed by atoms with Gasteiger partial charge in [-0.2, -0.15) is 0 Å². The fourth-order valence-corrected chi connectivity index (χ4v) is 2.06. The number of carbonyl (C=O) groups excluding carboxylic acids is 1. The van der Waals surface area contributed by atoms with Crippen LogP contribution in [0.4, 0.5) is 0 Å². The zero-order chi connectivity index (χ0) is 11.6. The molecule has 80 valence electrons. The van der Waals surface area contributed by atoms with Crippen LogP contribution in [0.15, 0.2) is 23.8 Å². The fourth-order valence-electron chi connectivity index (χ4n) is 2.06. The summed E-state index contributed by atoms with van der Waals surface area (Å²) in [5, 5.41) is 0. The second-order valence-electron chi connectivity index (χ2n) is 5.00. The van der Waals surface area contributed by atoms with E-state index in [-0.39, 0.29) is 17.1 Å². The molecule has 0 bridgehead atoms. The second kappa shape index (κ2) is 4.06. The Kier molecular flexibility index (Phi) is 3.19. The molecule has 0 amide bonds. The minimum atomic E-state index is -0.0572. The Labute approximate surface area is 92.3 Å². The van der Waals surface area contributed by atoms with E-state index in [2.05, 4.69) is 32.3 Å². The van der Waals surface area contributed by atoms with Gasteiger partial charge in [-0.1, -0.05) is 37.8 Å². The third kappa shape index (κ3) is 2.83. The summed E-state index contributed by atoms with van der Waals surface area (Å²) in [6.45, 7) is 11.8. The van der Waals surface area contributed by atoms with Crippen molar-refractivity contribution in [2.75, 3.05) is 0 Å². The smallest absolute Gasteiger partial charge is 0.156 e. The Hall–Kier alpha value is -1.29. The minimum Gasteiger partial charge on any atom is -0.295 e. The highest BCUT2D eigenvalue weighted by atomic mass is 16.1. The van der Waals surface area contributed by atoms with Gasteiger partial charge in [-0.3, -0.25) is 4.79 Å².